The summed E-state index contributed by atoms with van der Waals surface area (Å²) in [6.07, 6.45) is 0.532. The van der Waals surface area contributed by atoms with Gasteiger partial charge in [0.15, 0.2) is 11.6 Å². The zero-order chi connectivity index (χ0) is 12.1. The SMILES string of the molecule is CCC(N)C(=O)Nc1ccc(OC)c(F)c1. The van der Waals surface area contributed by atoms with Crippen LogP contribution < -0.4 is 15.8 Å². The lowest BCUT2D eigenvalue weighted by molar-refractivity contribution is -0.117. The number of hydrogen-bond donors (Lipinski definition) is 2. The Morgan fingerprint density at radius 1 is 1.62 bits per heavy atom. The van der Waals surface area contributed by atoms with Gasteiger partial charge in [0.2, 0.25) is 5.91 Å². The fourth-order valence-corrected chi connectivity index (χ4v) is 1.16. The number of anilines is 1. The number of amides is 1. The van der Waals surface area contributed by atoms with E-state index < -0.39 is 11.9 Å². The summed E-state index contributed by atoms with van der Waals surface area (Å²) in [6.45, 7) is 1.80. The molecule has 1 rings (SSSR count). The second kappa shape index (κ2) is 5.46. The van der Waals surface area contributed by atoms with Crippen molar-refractivity contribution in [3.05, 3.63) is 24.0 Å². The third kappa shape index (κ3) is 2.93. The molecule has 4 nitrogen and oxygen atoms in total. The summed E-state index contributed by atoms with van der Waals surface area (Å²) in [4.78, 5) is 11.4. The first-order valence-corrected chi connectivity index (χ1v) is 4.98. The molecule has 0 bridgehead atoms. The topological polar surface area (TPSA) is 64.4 Å². The lowest BCUT2D eigenvalue weighted by Crippen LogP contribution is -2.34. The van der Waals surface area contributed by atoms with Crippen molar-refractivity contribution in [3.63, 3.8) is 0 Å². The molecule has 5 heteroatoms. The van der Waals surface area contributed by atoms with E-state index in [4.69, 9.17) is 10.5 Å². The fraction of sp³-hybridized carbons (Fsp3) is 0.364. The fourth-order valence-electron chi connectivity index (χ4n) is 1.16. The number of ether oxygens (including phenoxy) is 1. The minimum absolute atomic E-state index is 0.137. The summed E-state index contributed by atoms with van der Waals surface area (Å²) in [7, 11) is 1.38. The number of benzene rings is 1. The first-order chi connectivity index (χ1) is 7.58. The van der Waals surface area contributed by atoms with E-state index in [0.29, 0.717) is 12.1 Å². The maximum absolute atomic E-state index is 13.3. The Morgan fingerprint density at radius 3 is 2.81 bits per heavy atom. The van der Waals surface area contributed by atoms with Gasteiger partial charge in [-0.3, -0.25) is 4.79 Å². The van der Waals surface area contributed by atoms with Crippen molar-refractivity contribution in [2.24, 2.45) is 5.73 Å². The Hall–Kier alpha value is -1.62. The third-order valence-corrected chi connectivity index (χ3v) is 2.20. The first kappa shape index (κ1) is 12.4. The number of halogens is 1. The Balaban J connectivity index is 2.75. The van der Waals surface area contributed by atoms with Gasteiger partial charge in [0, 0.05) is 11.8 Å². The van der Waals surface area contributed by atoms with Gasteiger partial charge in [-0.1, -0.05) is 6.92 Å². The van der Waals surface area contributed by atoms with Crippen LogP contribution in [0.4, 0.5) is 10.1 Å². The highest BCUT2D eigenvalue weighted by atomic mass is 19.1. The molecule has 3 N–H and O–H groups in total. The van der Waals surface area contributed by atoms with Gasteiger partial charge in [0.05, 0.1) is 13.2 Å². The Kier molecular flexibility index (Phi) is 4.25. The molecule has 0 aliphatic carbocycles. The molecule has 1 aromatic rings. The zero-order valence-electron chi connectivity index (χ0n) is 9.29. The minimum atomic E-state index is -0.579. The molecule has 0 saturated carbocycles. The van der Waals surface area contributed by atoms with E-state index in [2.05, 4.69) is 5.32 Å². The number of nitrogens with one attached hydrogen (secondary N) is 1. The van der Waals surface area contributed by atoms with E-state index in [-0.39, 0.29) is 11.7 Å². The normalized spacial score (nSPS) is 12.0. The summed E-state index contributed by atoms with van der Waals surface area (Å²) in [5.41, 5.74) is 5.90. The standard InChI is InChI=1S/C11H15FN2O2/c1-3-9(13)11(15)14-7-4-5-10(16-2)8(12)6-7/h4-6,9H,3,13H2,1-2H3,(H,14,15). The molecule has 0 fully saturated rings. The van der Waals surface area contributed by atoms with Gasteiger partial charge in [-0.15, -0.1) is 0 Å². The molecule has 0 saturated heterocycles. The van der Waals surface area contributed by atoms with Gasteiger partial charge in [0.25, 0.3) is 0 Å². The van der Waals surface area contributed by atoms with Crippen molar-refractivity contribution >= 4 is 11.6 Å². The van der Waals surface area contributed by atoms with Crippen molar-refractivity contribution in [1.82, 2.24) is 0 Å². The molecule has 0 spiro atoms. The van der Waals surface area contributed by atoms with Crippen LogP contribution in [0.15, 0.2) is 18.2 Å². The predicted molar refractivity (Wildman–Crippen MR) is 59.8 cm³/mol. The van der Waals surface area contributed by atoms with Crippen LogP contribution in [-0.2, 0) is 4.79 Å². The van der Waals surface area contributed by atoms with Crippen molar-refractivity contribution in [2.45, 2.75) is 19.4 Å². The lowest BCUT2D eigenvalue weighted by Gasteiger charge is -2.10. The quantitative estimate of drug-likeness (QED) is 0.817. The maximum atomic E-state index is 13.3. The monoisotopic (exact) mass is 226 g/mol. The first-order valence-electron chi connectivity index (χ1n) is 4.98. The van der Waals surface area contributed by atoms with Crippen LogP contribution in [0.2, 0.25) is 0 Å². The van der Waals surface area contributed by atoms with Crippen LogP contribution in [-0.4, -0.2) is 19.1 Å². The van der Waals surface area contributed by atoms with Gasteiger partial charge in [0.1, 0.15) is 0 Å². The Labute approximate surface area is 93.6 Å². The molecule has 88 valence electrons. The summed E-state index contributed by atoms with van der Waals surface area (Å²) < 4.78 is 18.0. The van der Waals surface area contributed by atoms with Crippen molar-refractivity contribution in [3.8, 4) is 5.75 Å². The minimum Gasteiger partial charge on any atom is -0.494 e. The number of nitrogens with two attached hydrogens (primary N) is 1. The van der Waals surface area contributed by atoms with Crippen molar-refractivity contribution in [1.29, 1.82) is 0 Å². The smallest absolute Gasteiger partial charge is 0.241 e. The van der Waals surface area contributed by atoms with Crippen LogP contribution in [0.5, 0.6) is 5.75 Å². The number of methoxy groups -OCH3 is 1. The lowest BCUT2D eigenvalue weighted by atomic mass is 10.2. The summed E-state index contributed by atoms with van der Waals surface area (Å²) >= 11 is 0. The van der Waals surface area contributed by atoms with E-state index in [1.807, 2.05) is 0 Å². The van der Waals surface area contributed by atoms with Gasteiger partial charge >= 0.3 is 0 Å². The molecule has 0 aromatic heterocycles. The molecular formula is C11H15FN2O2. The molecule has 0 radical (unpaired) electrons. The molecule has 1 unspecified atom stereocenters. The highest BCUT2D eigenvalue weighted by Crippen LogP contribution is 2.20. The van der Waals surface area contributed by atoms with E-state index in [9.17, 15) is 9.18 Å². The van der Waals surface area contributed by atoms with Crippen molar-refractivity contribution < 1.29 is 13.9 Å². The number of hydrogen-bond acceptors (Lipinski definition) is 3. The molecule has 0 aliphatic rings. The van der Waals surface area contributed by atoms with E-state index in [0.717, 1.165) is 0 Å². The van der Waals surface area contributed by atoms with E-state index in [1.165, 1.54) is 19.2 Å². The molecule has 0 aliphatic heterocycles. The zero-order valence-corrected chi connectivity index (χ0v) is 9.29. The summed E-state index contributed by atoms with van der Waals surface area (Å²) in [5.74, 6) is -0.713. The molecule has 1 atom stereocenters. The second-order valence-electron chi connectivity index (χ2n) is 3.35. The maximum Gasteiger partial charge on any atom is 0.241 e. The van der Waals surface area contributed by atoms with Crippen LogP contribution in [0, 0.1) is 5.82 Å². The number of rotatable bonds is 4. The molecule has 0 heterocycles. The van der Waals surface area contributed by atoms with E-state index in [1.54, 1.807) is 13.0 Å². The Morgan fingerprint density at radius 2 is 2.31 bits per heavy atom. The van der Waals surface area contributed by atoms with Gasteiger partial charge in [-0.2, -0.15) is 0 Å². The average Bonchev–Trinajstić information content (AvgIpc) is 2.28. The van der Waals surface area contributed by atoms with Gasteiger partial charge in [-0.05, 0) is 18.6 Å². The highest BCUT2D eigenvalue weighted by Gasteiger charge is 2.12. The largest absolute Gasteiger partial charge is 0.494 e. The highest BCUT2D eigenvalue weighted by molar-refractivity contribution is 5.94. The summed E-state index contributed by atoms with van der Waals surface area (Å²) in [5, 5.41) is 2.53. The summed E-state index contributed by atoms with van der Waals surface area (Å²) in [6, 6.07) is 3.62. The molecule has 16 heavy (non-hydrogen) atoms. The van der Waals surface area contributed by atoms with Gasteiger partial charge in [-0.25, -0.2) is 4.39 Å². The average molecular weight is 226 g/mol. The van der Waals surface area contributed by atoms with Crippen LogP contribution in [0.1, 0.15) is 13.3 Å². The number of carbonyl (C=O) groups excluding carboxylic acids is 1. The predicted octanol–water partition coefficient (Wildman–Crippen LogP) is 1.51. The van der Waals surface area contributed by atoms with Crippen LogP contribution in [0.3, 0.4) is 0 Å². The molecule has 1 aromatic carbocycles. The van der Waals surface area contributed by atoms with E-state index >= 15 is 0 Å². The Bertz CT molecular complexity index is 382. The van der Waals surface area contributed by atoms with Crippen molar-refractivity contribution in [2.75, 3.05) is 12.4 Å². The number of carbonyl (C=O) groups is 1. The van der Waals surface area contributed by atoms with Crippen LogP contribution in [0.25, 0.3) is 0 Å². The molecule has 1 amide bonds. The van der Waals surface area contributed by atoms with Crippen LogP contribution >= 0.6 is 0 Å². The second-order valence-corrected chi connectivity index (χ2v) is 3.35. The third-order valence-electron chi connectivity index (χ3n) is 2.20. The van der Waals surface area contributed by atoms with Gasteiger partial charge < -0.3 is 15.8 Å². The molecular weight excluding hydrogens is 211 g/mol.